The average molecular weight is 406 g/mol. The molecule has 0 atom stereocenters. The maximum Gasteiger partial charge on any atom is 0.341 e. The second kappa shape index (κ2) is 9.60. The Hall–Kier alpha value is -3.27. The molecule has 1 aromatic carbocycles. The number of nitro groups is 1. The summed E-state index contributed by atoms with van der Waals surface area (Å²) in [5.41, 5.74) is 0.847. The number of thiophene rings is 1. The van der Waals surface area contributed by atoms with Gasteiger partial charge in [-0.1, -0.05) is 12.1 Å². The fraction of sp³-hybridized carbons (Fsp3) is 0.278. The Morgan fingerprint density at radius 2 is 2.00 bits per heavy atom. The molecule has 0 spiro atoms. The predicted octanol–water partition coefficient (Wildman–Crippen LogP) is 3.39. The molecule has 0 saturated heterocycles. The number of amides is 1. The van der Waals surface area contributed by atoms with E-state index in [0.717, 1.165) is 11.3 Å². The summed E-state index contributed by atoms with van der Waals surface area (Å²) in [6, 6.07) is 5.82. The zero-order chi connectivity index (χ0) is 20.7. The van der Waals surface area contributed by atoms with Crippen LogP contribution in [0.1, 0.15) is 30.1 Å². The lowest BCUT2D eigenvalue weighted by Crippen LogP contribution is -2.16. The summed E-state index contributed by atoms with van der Waals surface area (Å²) in [4.78, 5) is 46.2. The minimum atomic E-state index is -0.659. The maximum absolute atomic E-state index is 12.5. The first kappa shape index (κ1) is 21.0. The lowest BCUT2D eigenvalue weighted by atomic mass is 10.0. The molecule has 10 heteroatoms. The lowest BCUT2D eigenvalue weighted by Gasteiger charge is -2.09. The molecule has 0 aliphatic carbocycles. The van der Waals surface area contributed by atoms with Gasteiger partial charge < -0.3 is 14.8 Å². The molecule has 28 heavy (non-hydrogen) atoms. The van der Waals surface area contributed by atoms with Crippen molar-refractivity contribution >= 4 is 39.9 Å². The minimum Gasteiger partial charge on any atom is -0.469 e. The summed E-state index contributed by atoms with van der Waals surface area (Å²) in [6.07, 6.45) is -0.209. The minimum absolute atomic E-state index is 0.0970. The molecule has 0 aliphatic rings. The topological polar surface area (TPSA) is 125 Å². The summed E-state index contributed by atoms with van der Waals surface area (Å²) >= 11 is 1.09. The maximum atomic E-state index is 12.5. The highest BCUT2D eigenvalue weighted by Crippen LogP contribution is 2.37. The molecule has 148 valence electrons. The Labute approximate surface area is 164 Å². The van der Waals surface area contributed by atoms with E-state index in [-0.39, 0.29) is 35.7 Å². The number of methoxy groups -OCH3 is 1. The highest BCUT2D eigenvalue weighted by atomic mass is 32.1. The first-order chi connectivity index (χ1) is 13.4. The van der Waals surface area contributed by atoms with Crippen molar-refractivity contribution in [2.75, 3.05) is 19.0 Å². The molecular formula is C18H18N2O7S. The molecule has 0 unspecified atom stereocenters. The monoisotopic (exact) mass is 406 g/mol. The number of nitrogens with zero attached hydrogens (tertiary/aromatic N) is 1. The lowest BCUT2D eigenvalue weighted by molar-refractivity contribution is -0.384. The number of hydrogen-bond donors (Lipinski definition) is 1. The zero-order valence-electron chi connectivity index (χ0n) is 15.2. The number of esters is 2. The van der Waals surface area contributed by atoms with Crippen molar-refractivity contribution in [3.8, 4) is 11.1 Å². The number of non-ortho nitro benzene ring substituents is 1. The Morgan fingerprint density at radius 3 is 2.64 bits per heavy atom. The van der Waals surface area contributed by atoms with Crippen molar-refractivity contribution < 1.29 is 28.8 Å². The highest BCUT2D eigenvalue weighted by Gasteiger charge is 2.24. The first-order valence-electron chi connectivity index (χ1n) is 8.27. The molecule has 9 nitrogen and oxygen atoms in total. The van der Waals surface area contributed by atoms with Crippen LogP contribution in [0.3, 0.4) is 0 Å². The van der Waals surface area contributed by atoms with E-state index >= 15 is 0 Å². The van der Waals surface area contributed by atoms with Crippen molar-refractivity contribution in [3.05, 3.63) is 45.3 Å². The third kappa shape index (κ3) is 5.13. The van der Waals surface area contributed by atoms with Crippen LogP contribution in [0.2, 0.25) is 0 Å². The van der Waals surface area contributed by atoms with Crippen LogP contribution in [0.5, 0.6) is 0 Å². The SMILES string of the molecule is CCOC(=O)c1c(-c2cccc([N+](=O)[O-])c2)csc1NC(=O)CCC(=O)OC. The quantitative estimate of drug-likeness (QED) is 0.405. The van der Waals surface area contributed by atoms with Gasteiger partial charge in [-0.3, -0.25) is 19.7 Å². The highest BCUT2D eigenvalue weighted by molar-refractivity contribution is 7.15. The van der Waals surface area contributed by atoms with Gasteiger partial charge in [0, 0.05) is 29.5 Å². The molecule has 0 fully saturated rings. The standard InChI is InChI=1S/C18H18N2O7S/c1-3-27-18(23)16-13(11-5-4-6-12(9-11)20(24)25)10-28-17(16)19-14(21)7-8-15(22)26-2/h4-6,9-10H,3,7-8H2,1-2H3,(H,19,21). The van der Waals surface area contributed by atoms with Gasteiger partial charge in [0.2, 0.25) is 5.91 Å². The molecule has 1 N–H and O–H groups in total. The van der Waals surface area contributed by atoms with Gasteiger partial charge in [0.05, 0.1) is 25.1 Å². The number of carbonyl (C=O) groups is 3. The average Bonchev–Trinajstić information content (AvgIpc) is 3.09. The predicted molar refractivity (Wildman–Crippen MR) is 102 cm³/mol. The molecule has 2 aromatic rings. The van der Waals surface area contributed by atoms with Crippen LogP contribution < -0.4 is 5.32 Å². The van der Waals surface area contributed by atoms with Gasteiger partial charge >= 0.3 is 11.9 Å². The van der Waals surface area contributed by atoms with E-state index in [1.807, 2.05) is 0 Å². The number of carbonyl (C=O) groups excluding carboxylic acids is 3. The number of nitrogens with one attached hydrogen (secondary N) is 1. The molecule has 0 bridgehead atoms. The summed E-state index contributed by atoms with van der Waals surface area (Å²) < 4.78 is 9.56. The Morgan fingerprint density at radius 1 is 1.25 bits per heavy atom. The summed E-state index contributed by atoms with van der Waals surface area (Å²) in [5, 5.41) is 15.5. The third-order valence-electron chi connectivity index (χ3n) is 3.68. The number of hydrogen-bond acceptors (Lipinski definition) is 8. The molecule has 1 amide bonds. The van der Waals surface area contributed by atoms with Crippen molar-refractivity contribution in [1.29, 1.82) is 0 Å². The van der Waals surface area contributed by atoms with Gasteiger partial charge in [0.15, 0.2) is 0 Å². The van der Waals surface area contributed by atoms with Gasteiger partial charge in [0.25, 0.3) is 5.69 Å². The largest absolute Gasteiger partial charge is 0.469 e. The van der Waals surface area contributed by atoms with E-state index in [4.69, 9.17) is 4.74 Å². The van der Waals surface area contributed by atoms with Gasteiger partial charge in [-0.2, -0.15) is 0 Å². The van der Waals surface area contributed by atoms with E-state index in [0.29, 0.717) is 11.1 Å². The van der Waals surface area contributed by atoms with E-state index in [1.54, 1.807) is 18.4 Å². The summed E-state index contributed by atoms with van der Waals surface area (Å²) in [5.74, 6) is -1.65. The van der Waals surface area contributed by atoms with Crippen molar-refractivity contribution in [1.82, 2.24) is 0 Å². The number of anilines is 1. The Balaban J connectivity index is 2.36. The van der Waals surface area contributed by atoms with E-state index < -0.39 is 22.8 Å². The fourth-order valence-electron chi connectivity index (χ4n) is 2.36. The van der Waals surface area contributed by atoms with Crippen LogP contribution in [0, 0.1) is 10.1 Å². The summed E-state index contributed by atoms with van der Waals surface area (Å²) in [7, 11) is 1.23. The van der Waals surface area contributed by atoms with Gasteiger partial charge in [0.1, 0.15) is 10.6 Å². The number of rotatable bonds is 8. The molecule has 1 heterocycles. The molecular weight excluding hydrogens is 388 g/mol. The molecule has 2 rings (SSSR count). The Bertz CT molecular complexity index is 907. The second-order valence-electron chi connectivity index (χ2n) is 5.51. The molecule has 1 aromatic heterocycles. The van der Waals surface area contributed by atoms with Crippen molar-refractivity contribution in [2.45, 2.75) is 19.8 Å². The fourth-order valence-corrected chi connectivity index (χ4v) is 3.34. The van der Waals surface area contributed by atoms with Crippen molar-refractivity contribution in [2.24, 2.45) is 0 Å². The van der Waals surface area contributed by atoms with Crippen LogP contribution in [-0.2, 0) is 19.1 Å². The summed E-state index contributed by atoms with van der Waals surface area (Å²) in [6.45, 7) is 1.77. The van der Waals surface area contributed by atoms with Crippen LogP contribution in [-0.4, -0.2) is 36.5 Å². The van der Waals surface area contributed by atoms with Crippen LogP contribution in [0.25, 0.3) is 11.1 Å². The van der Waals surface area contributed by atoms with Gasteiger partial charge in [-0.15, -0.1) is 11.3 Å². The number of nitro benzene ring substituents is 1. The van der Waals surface area contributed by atoms with Gasteiger partial charge in [-0.05, 0) is 12.5 Å². The normalized spacial score (nSPS) is 10.2. The van der Waals surface area contributed by atoms with E-state index in [9.17, 15) is 24.5 Å². The van der Waals surface area contributed by atoms with Crippen LogP contribution >= 0.6 is 11.3 Å². The second-order valence-corrected chi connectivity index (χ2v) is 6.39. The molecule has 0 radical (unpaired) electrons. The van der Waals surface area contributed by atoms with Crippen LogP contribution in [0.15, 0.2) is 29.6 Å². The van der Waals surface area contributed by atoms with Gasteiger partial charge in [-0.25, -0.2) is 4.79 Å². The number of ether oxygens (including phenoxy) is 2. The van der Waals surface area contributed by atoms with E-state index in [2.05, 4.69) is 10.1 Å². The molecule has 0 aliphatic heterocycles. The molecule has 0 saturated carbocycles. The van der Waals surface area contributed by atoms with Crippen molar-refractivity contribution in [3.63, 3.8) is 0 Å². The first-order valence-corrected chi connectivity index (χ1v) is 9.15. The van der Waals surface area contributed by atoms with Crippen LogP contribution in [0.4, 0.5) is 10.7 Å². The van der Waals surface area contributed by atoms with E-state index in [1.165, 1.54) is 25.3 Å². The Kier molecular flexibility index (Phi) is 7.21. The zero-order valence-corrected chi connectivity index (χ0v) is 16.0. The number of benzene rings is 1. The smallest absolute Gasteiger partial charge is 0.341 e. The third-order valence-corrected chi connectivity index (χ3v) is 4.57.